The molecule has 2 aromatic rings. The maximum atomic E-state index is 10.4. The van der Waals surface area contributed by atoms with E-state index in [1.807, 2.05) is 42.7 Å². The van der Waals surface area contributed by atoms with Crippen LogP contribution >= 0.6 is 11.6 Å². The number of halogens is 1. The number of rotatable bonds is 5. The van der Waals surface area contributed by atoms with Crippen LogP contribution in [0.3, 0.4) is 0 Å². The molecule has 0 spiro atoms. The maximum Gasteiger partial charge on any atom is 0.0916 e. The molecule has 1 aromatic carbocycles. The molecule has 1 aromatic heterocycles. The van der Waals surface area contributed by atoms with Crippen LogP contribution in [0.2, 0.25) is 5.02 Å². The summed E-state index contributed by atoms with van der Waals surface area (Å²) in [5.74, 6) is 0. The van der Waals surface area contributed by atoms with Crippen LogP contribution in [0, 0.1) is 0 Å². The van der Waals surface area contributed by atoms with Crippen molar-refractivity contribution in [1.29, 1.82) is 0 Å². The Morgan fingerprint density at radius 2 is 1.79 bits per heavy atom. The Bertz CT molecular complexity index is 627. The number of pyridine rings is 1. The van der Waals surface area contributed by atoms with Gasteiger partial charge in [-0.3, -0.25) is 14.8 Å². The van der Waals surface area contributed by atoms with Gasteiger partial charge in [0.1, 0.15) is 0 Å². The average molecular weight is 346 g/mol. The normalized spacial score (nSPS) is 19.1. The lowest BCUT2D eigenvalue weighted by Gasteiger charge is -2.38. The smallest absolute Gasteiger partial charge is 0.0916 e. The molecule has 0 amide bonds. The van der Waals surface area contributed by atoms with E-state index >= 15 is 0 Å². The second-order valence-corrected chi connectivity index (χ2v) is 6.80. The Morgan fingerprint density at radius 3 is 2.42 bits per heavy atom. The summed E-state index contributed by atoms with van der Waals surface area (Å²) in [7, 11) is 0. The molecule has 0 aliphatic carbocycles. The van der Waals surface area contributed by atoms with E-state index in [0.717, 1.165) is 31.7 Å². The first-order valence-electron chi connectivity index (χ1n) is 8.43. The molecule has 1 aliphatic rings. The topological polar surface area (TPSA) is 39.6 Å². The molecule has 0 bridgehead atoms. The SMILES string of the molecule is CC(c1cccnc1)N1CCN(CC(O)c2ccc(Cl)cc2)CC1. The number of benzene rings is 1. The number of nitrogens with zero attached hydrogens (tertiary/aromatic N) is 3. The summed E-state index contributed by atoms with van der Waals surface area (Å²) >= 11 is 5.90. The fraction of sp³-hybridized carbons (Fsp3) is 0.421. The highest BCUT2D eigenvalue weighted by molar-refractivity contribution is 6.30. The maximum absolute atomic E-state index is 10.4. The van der Waals surface area contributed by atoms with E-state index in [1.54, 1.807) is 0 Å². The van der Waals surface area contributed by atoms with Gasteiger partial charge in [-0.1, -0.05) is 29.8 Å². The Balaban J connectivity index is 1.51. The quantitative estimate of drug-likeness (QED) is 0.903. The molecule has 1 saturated heterocycles. The lowest BCUT2D eigenvalue weighted by Crippen LogP contribution is -2.48. The van der Waals surface area contributed by atoms with Gasteiger partial charge in [0, 0.05) is 56.2 Å². The molecular weight excluding hydrogens is 322 g/mol. The number of aliphatic hydroxyl groups excluding tert-OH is 1. The molecule has 0 radical (unpaired) electrons. The molecule has 128 valence electrons. The van der Waals surface area contributed by atoms with Crippen LogP contribution in [0.25, 0.3) is 0 Å². The summed E-state index contributed by atoms with van der Waals surface area (Å²) in [6.45, 7) is 6.84. The van der Waals surface area contributed by atoms with Crippen molar-refractivity contribution in [3.05, 3.63) is 64.9 Å². The van der Waals surface area contributed by atoms with E-state index in [1.165, 1.54) is 5.56 Å². The molecular formula is C19H24ClN3O. The molecule has 1 N–H and O–H groups in total. The molecule has 1 aliphatic heterocycles. The van der Waals surface area contributed by atoms with Crippen LogP contribution in [0.1, 0.15) is 30.2 Å². The Labute approximate surface area is 148 Å². The summed E-state index contributed by atoms with van der Waals surface area (Å²) in [6.07, 6.45) is 3.29. The monoisotopic (exact) mass is 345 g/mol. The molecule has 1 fully saturated rings. The largest absolute Gasteiger partial charge is 0.387 e. The third-order valence-corrected chi connectivity index (χ3v) is 5.06. The van der Waals surface area contributed by atoms with Gasteiger partial charge in [-0.05, 0) is 36.2 Å². The molecule has 2 atom stereocenters. The van der Waals surface area contributed by atoms with Crippen molar-refractivity contribution in [2.45, 2.75) is 19.1 Å². The highest BCUT2D eigenvalue weighted by atomic mass is 35.5. The number of β-amino-alcohol motifs (C(OH)–C–C–N with tert-alkyl or cyclic N) is 1. The summed E-state index contributed by atoms with van der Waals surface area (Å²) in [4.78, 5) is 9.01. The summed E-state index contributed by atoms with van der Waals surface area (Å²) in [5.41, 5.74) is 2.18. The third kappa shape index (κ3) is 4.33. The Kier molecular flexibility index (Phi) is 5.85. The molecule has 3 rings (SSSR count). The van der Waals surface area contributed by atoms with Crippen molar-refractivity contribution in [1.82, 2.24) is 14.8 Å². The van der Waals surface area contributed by atoms with Gasteiger partial charge in [-0.2, -0.15) is 0 Å². The number of aliphatic hydroxyl groups is 1. The van der Waals surface area contributed by atoms with Crippen molar-refractivity contribution in [2.75, 3.05) is 32.7 Å². The summed E-state index contributed by atoms with van der Waals surface area (Å²) < 4.78 is 0. The number of piperazine rings is 1. The van der Waals surface area contributed by atoms with Crippen molar-refractivity contribution >= 4 is 11.6 Å². The highest BCUT2D eigenvalue weighted by Gasteiger charge is 2.23. The van der Waals surface area contributed by atoms with Crippen molar-refractivity contribution in [3.63, 3.8) is 0 Å². The van der Waals surface area contributed by atoms with Crippen molar-refractivity contribution in [2.24, 2.45) is 0 Å². The van der Waals surface area contributed by atoms with E-state index in [0.29, 0.717) is 17.6 Å². The summed E-state index contributed by atoms with van der Waals surface area (Å²) in [5, 5.41) is 11.1. The van der Waals surface area contributed by atoms with Gasteiger partial charge >= 0.3 is 0 Å². The van der Waals surface area contributed by atoms with E-state index in [9.17, 15) is 5.11 Å². The van der Waals surface area contributed by atoms with Crippen LogP contribution in [0.5, 0.6) is 0 Å². The first-order valence-corrected chi connectivity index (χ1v) is 8.81. The van der Waals surface area contributed by atoms with Crippen LogP contribution < -0.4 is 0 Å². The lowest BCUT2D eigenvalue weighted by molar-refractivity contribution is 0.0589. The first-order chi connectivity index (χ1) is 11.6. The standard InChI is InChI=1S/C19H24ClN3O/c1-15(17-3-2-8-21-13-17)23-11-9-22(10-12-23)14-19(24)16-4-6-18(20)7-5-16/h2-8,13,15,19,24H,9-12,14H2,1H3. The van der Waals surface area contributed by atoms with E-state index in [2.05, 4.69) is 27.8 Å². The number of hydrogen-bond donors (Lipinski definition) is 1. The predicted octanol–water partition coefficient (Wildman–Crippen LogP) is 3.15. The molecule has 5 heteroatoms. The minimum atomic E-state index is -0.468. The fourth-order valence-corrected chi connectivity index (χ4v) is 3.33. The molecule has 24 heavy (non-hydrogen) atoms. The minimum absolute atomic E-state index is 0.377. The van der Waals surface area contributed by atoms with Crippen LogP contribution in [0.4, 0.5) is 0 Å². The minimum Gasteiger partial charge on any atom is -0.387 e. The van der Waals surface area contributed by atoms with Crippen molar-refractivity contribution < 1.29 is 5.11 Å². The highest BCUT2D eigenvalue weighted by Crippen LogP contribution is 2.22. The molecule has 0 saturated carbocycles. The third-order valence-electron chi connectivity index (χ3n) is 4.81. The second kappa shape index (κ2) is 8.08. The van der Waals surface area contributed by atoms with Gasteiger partial charge in [-0.15, -0.1) is 0 Å². The Hall–Kier alpha value is -1.46. The van der Waals surface area contributed by atoms with E-state index < -0.39 is 6.10 Å². The van der Waals surface area contributed by atoms with Gasteiger partial charge in [-0.25, -0.2) is 0 Å². The van der Waals surface area contributed by atoms with E-state index in [-0.39, 0.29) is 0 Å². The Morgan fingerprint density at radius 1 is 1.08 bits per heavy atom. The predicted molar refractivity (Wildman–Crippen MR) is 97.1 cm³/mol. The van der Waals surface area contributed by atoms with Crippen LogP contribution in [-0.2, 0) is 0 Å². The van der Waals surface area contributed by atoms with Crippen molar-refractivity contribution in [3.8, 4) is 0 Å². The number of hydrogen-bond acceptors (Lipinski definition) is 4. The van der Waals surface area contributed by atoms with Gasteiger partial charge < -0.3 is 5.11 Å². The molecule has 2 heterocycles. The molecule has 2 unspecified atom stereocenters. The average Bonchev–Trinajstić information content (AvgIpc) is 2.63. The zero-order valence-electron chi connectivity index (χ0n) is 14.0. The first kappa shape index (κ1) is 17.4. The summed E-state index contributed by atoms with van der Waals surface area (Å²) in [6, 6.07) is 11.9. The zero-order valence-corrected chi connectivity index (χ0v) is 14.7. The van der Waals surface area contributed by atoms with Gasteiger partial charge in [0.2, 0.25) is 0 Å². The van der Waals surface area contributed by atoms with Gasteiger partial charge in [0.25, 0.3) is 0 Å². The van der Waals surface area contributed by atoms with Crippen LogP contribution in [-0.4, -0.2) is 52.6 Å². The zero-order chi connectivity index (χ0) is 16.9. The van der Waals surface area contributed by atoms with Gasteiger partial charge in [0.05, 0.1) is 6.10 Å². The lowest BCUT2D eigenvalue weighted by atomic mass is 10.1. The number of aromatic nitrogens is 1. The fourth-order valence-electron chi connectivity index (χ4n) is 3.20. The molecule has 4 nitrogen and oxygen atoms in total. The van der Waals surface area contributed by atoms with E-state index in [4.69, 9.17) is 11.6 Å². The second-order valence-electron chi connectivity index (χ2n) is 6.37. The van der Waals surface area contributed by atoms with Gasteiger partial charge in [0.15, 0.2) is 0 Å². The van der Waals surface area contributed by atoms with Crippen LogP contribution in [0.15, 0.2) is 48.8 Å².